The number of thioether (sulfide) groups is 1. The van der Waals surface area contributed by atoms with Gasteiger partial charge in [0.2, 0.25) is 0 Å². The zero-order valence-electron chi connectivity index (χ0n) is 15.4. The van der Waals surface area contributed by atoms with Crippen molar-refractivity contribution >= 4 is 17.5 Å². The van der Waals surface area contributed by atoms with E-state index < -0.39 is 0 Å². The molecule has 0 saturated carbocycles. The summed E-state index contributed by atoms with van der Waals surface area (Å²) in [7, 11) is 1.58. The average molecular weight is 380 g/mol. The molecule has 0 saturated heterocycles. The van der Waals surface area contributed by atoms with Crippen LogP contribution in [0.25, 0.3) is 5.69 Å². The summed E-state index contributed by atoms with van der Waals surface area (Å²) < 4.78 is 6.65. The number of aromatic nitrogens is 2. The van der Waals surface area contributed by atoms with Crippen LogP contribution in [0, 0.1) is 13.8 Å². The van der Waals surface area contributed by atoms with E-state index in [4.69, 9.17) is 4.74 Å². The maximum Gasteiger partial charge on any atom is 0.287 e. The van der Waals surface area contributed by atoms with Gasteiger partial charge in [0.05, 0.1) is 12.9 Å². The minimum atomic E-state index is -0.228. The number of benzene rings is 2. The molecule has 3 aromatic rings. The van der Waals surface area contributed by atoms with Gasteiger partial charge in [-0.3, -0.25) is 14.2 Å². The molecule has 138 valence electrons. The number of methoxy groups -OCH3 is 1. The van der Waals surface area contributed by atoms with E-state index in [1.54, 1.807) is 48.3 Å². The third-order valence-corrected chi connectivity index (χ3v) is 5.29. The van der Waals surface area contributed by atoms with Crippen LogP contribution >= 0.6 is 11.8 Å². The van der Waals surface area contributed by atoms with Crippen LogP contribution < -0.4 is 10.3 Å². The molecule has 5 nitrogen and oxygen atoms in total. The molecule has 0 fully saturated rings. The fraction of sp³-hybridized carbons (Fsp3) is 0.190. The maximum absolute atomic E-state index is 12.7. The number of nitrogens with zero attached hydrogens (tertiary/aromatic N) is 2. The van der Waals surface area contributed by atoms with Crippen LogP contribution in [-0.2, 0) is 0 Å². The Balaban J connectivity index is 1.78. The molecule has 1 aromatic heterocycles. The molecule has 2 aromatic carbocycles. The van der Waals surface area contributed by atoms with E-state index >= 15 is 0 Å². The fourth-order valence-electron chi connectivity index (χ4n) is 2.57. The lowest BCUT2D eigenvalue weighted by atomic mass is 10.1. The van der Waals surface area contributed by atoms with Crippen molar-refractivity contribution in [3.63, 3.8) is 0 Å². The Hall–Kier alpha value is -2.86. The van der Waals surface area contributed by atoms with Crippen molar-refractivity contribution in [2.75, 3.05) is 12.9 Å². The highest BCUT2D eigenvalue weighted by Gasteiger charge is 2.12. The highest BCUT2D eigenvalue weighted by Crippen LogP contribution is 2.17. The molecule has 0 spiro atoms. The third kappa shape index (κ3) is 4.28. The topological polar surface area (TPSA) is 61.2 Å². The van der Waals surface area contributed by atoms with Crippen molar-refractivity contribution in [3.05, 3.63) is 81.9 Å². The Kier molecular flexibility index (Phi) is 5.76. The van der Waals surface area contributed by atoms with E-state index in [1.807, 2.05) is 32.0 Å². The monoisotopic (exact) mass is 380 g/mol. The zero-order valence-corrected chi connectivity index (χ0v) is 16.2. The van der Waals surface area contributed by atoms with Crippen molar-refractivity contribution in [2.24, 2.45) is 0 Å². The molecule has 0 radical (unpaired) electrons. The number of rotatable bonds is 6. The summed E-state index contributed by atoms with van der Waals surface area (Å²) in [6.07, 6.45) is 3.22. The summed E-state index contributed by atoms with van der Waals surface area (Å²) >= 11 is 1.15. The number of carbonyl (C=O) groups is 1. The van der Waals surface area contributed by atoms with Gasteiger partial charge in [0.25, 0.3) is 5.56 Å². The predicted octanol–water partition coefficient (Wildman–Crippen LogP) is 3.83. The van der Waals surface area contributed by atoms with E-state index in [0.717, 1.165) is 23.0 Å². The van der Waals surface area contributed by atoms with Crippen LogP contribution in [0.1, 0.15) is 21.5 Å². The lowest BCUT2D eigenvalue weighted by Crippen LogP contribution is -2.21. The molecule has 6 heteroatoms. The Morgan fingerprint density at radius 2 is 1.85 bits per heavy atom. The van der Waals surface area contributed by atoms with Gasteiger partial charge in [-0.15, -0.1) is 0 Å². The van der Waals surface area contributed by atoms with E-state index in [1.165, 1.54) is 5.56 Å². The predicted molar refractivity (Wildman–Crippen MR) is 107 cm³/mol. The van der Waals surface area contributed by atoms with Gasteiger partial charge in [-0.25, -0.2) is 4.98 Å². The summed E-state index contributed by atoms with van der Waals surface area (Å²) in [6, 6.07) is 12.8. The molecule has 0 bridgehead atoms. The number of Topliss-reactive ketones (excluding diaryl/α,β-unsaturated/α-hetero) is 1. The van der Waals surface area contributed by atoms with E-state index in [0.29, 0.717) is 16.3 Å². The third-order valence-electron chi connectivity index (χ3n) is 4.33. The average Bonchev–Trinajstić information content (AvgIpc) is 2.69. The Morgan fingerprint density at radius 3 is 2.52 bits per heavy atom. The van der Waals surface area contributed by atoms with Crippen molar-refractivity contribution < 1.29 is 9.53 Å². The first kappa shape index (κ1) is 18.9. The molecular formula is C21H20N2O3S. The molecule has 0 amide bonds. The van der Waals surface area contributed by atoms with Crippen LogP contribution in [0.3, 0.4) is 0 Å². The number of carbonyl (C=O) groups excluding carboxylic acids is 1. The number of aryl methyl sites for hydroxylation is 2. The van der Waals surface area contributed by atoms with Gasteiger partial charge in [0.1, 0.15) is 5.75 Å². The number of hydrogen-bond donors (Lipinski definition) is 0. The highest BCUT2D eigenvalue weighted by molar-refractivity contribution is 7.99. The van der Waals surface area contributed by atoms with Crippen LogP contribution in [0.4, 0.5) is 0 Å². The first-order chi connectivity index (χ1) is 13.0. The normalized spacial score (nSPS) is 10.6. The van der Waals surface area contributed by atoms with Gasteiger partial charge in [0.15, 0.2) is 10.8 Å². The maximum atomic E-state index is 12.7. The van der Waals surface area contributed by atoms with Gasteiger partial charge in [0, 0.05) is 23.6 Å². The van der Waals surface area contributed by atoms with Crippen LogP contribution in [0.5, 0.6) is 5.75 Å². The van der Waals surface area contributed by atoms with Gasteiger partial charge < -0.3 is 4.74 Å². The van der Waals surface area contributed by atoms with Crippen molar-refractivity contribution in [3.8, 4) is 11.4 Å². The molecular weight excluding hydrogens is 360 g/mol. The molecule has 0 N–H and O–H groups in total. The molecule has 0 aliphatic heterocycles. The van der Waals surface area contributed by atoms with Gasteiger partial charge in [-0.1, -0.05) is 17.8 Å². The Morgan fingerprint density at radius 1 is 1.11 bits per heavy atom. The first-order valence-corrected chi connectivity index (χ1v) is 9.43. The summed E-state index contributed by atoms with van der Waals surface area (Å²) in [5.74, 6) is 0.775. The van der Waals surface area contributed by atoms with Gasteiger partial charge >= 0.3 is 0 Å². The number of ether oxygens (including phenoxy) is 1. The SMILES string of the molecule is COc1ccc(C(=O)CSc2nccn(-c3ccc(C)c(C)c3)c2=O)cc1. The largest absolute Gasteiger partial charge is 0.497 e. The molecule has 3 rings (SSSR count). The standard InChI is InChI=1S/C21H20N2O3S/c1-14-4-7-17(12-15(14)2)23-11-10-22-20(21(23)25)27-13-19(24)16-5-8-18(26-3)9-6-16/h4-12H,13H2,1-3H3. The van der Waals surface area contributed by atoms with Crippen molar-refractivity contribution in [1.82, 2.24) is 9.55 Å². The lowest BCUT2D eigenvalue weighted by molar-refractivity contribution is 0.102. The van der Waals surface area contributed by atoms with E-state index in [2.05, 4.69) is 4.98 Å². The quantitative estimate of drug-likeness (QED) is 0.480. The second-order valence-corrected chi connectivity index (χ2v) is 7.08. The minimum absolute atomic E-state index is 0.0644. The zero-order chi connectivity index (χ0) is 19.4. The van der Waals surface area contributed by atoms with E-state index in [9.17, 15) is 9.59 Å². The molecule has 0 unspecified atom stereocenters. The summed E-state index contributed by atoms with van der Waals surface area (Å²) in [5, 5.41) is 0.303. The molecule has 0 aliphatic rings. The molecule has 0 aliphatic carbocycles. The molecule has 1 heterocycles. The molecule has 0 atom stereocenters. The first-order valence-electron chi connectivity index (χ1n) is 8.45. The van der Waals surface area contributed by atoms with Gasteiger partial charge in [-0.05, 0) is 61.4 Å². The lowest BCUT2D eigenvalue weighted by Gasteiger charge is -2.09. The van der Waals surface area contributed by atoms with Crippen molar-refractivity contribution in [2.45, 2.75) is 18.9 Å². The van der Waals surface area contributed by atoms with E-state index in [-0.39, 0.29) is 17.1 Å². The Labute approximate surface area is 162 Å². The summed E-state index contributed by atoms with van der Waals surface area (Å²) in [6.45, 7) is 4.04. The van der Waals surface area contributed by atoms with Crippen molar-refractivity contribution in [1.29, 1.82) is 0 Å². The number of ketones is 1. The molecule has 27 heavy (non-hydrogen) atoms. The smallest absolute Gasteiger partial charge is 0.287 e. The second-order valence-electron chi connectivity index (χ2n) is 6.12. The summed E-state index contributed by atoms with van der Waals surface area (Å²) in [5.41, 5.74) is 3.41. The van der Waals surface area contributed by atoms with Crippen LogP contribution in [0.2, 0.25) is 0 Å². The highest BCUT2D eigenvalue weighted by atomic mass is 32.2. The van der Waals surface area contributed by atoms with Crippen LogP contribution in [0.15, 0.2) is 64.7 Å². The number of hydrogen-bond acceptors (Lipinski definition) is 5. The van der Waals surface area contributed by atoms with Crippen LogP contribution in [-0.4, -0.2) is 28.2 Å². The fourth-order valence-corrected chi connectivity index (χ4v) is 3.36. The van der Waals surface area contributed by atoms with Gasteiger partial charge in [-0.2, -0.15) is 0 Å². The second kappa shape index (κ2) is 8.22. The Bertz CT molecular complexity index is 1030. The summed E-state index contributed by atoms with van der Waals surface area (Å²) in [4.78, 5) is 29.3. The minimum Gasteiger partial charge on any atom is -0.497 e.